The van der Waals surface area contributed by atoms with Crippen LogP contribution in [0.25, 0.3) is 0 Å². The van der Waals surface area contributed by atoms with Crippen molar-refractivity contribution in [2.24, 2.45) is 11.3 Å². The third kappa shape index (κ3) is 3.65. The first-order valence-electron chi connectivity index (χ1n) is 6.88. The Bertz CT molecular complexity index is 438. The molecule has 0 unspecified atom stereocenters. The molecule has 1 aliphatic rings. The van der Waals surface area contributed by atoms with E-state index in [2.05, 4.69) is 29.4 Å². The van der Waals surface area contributed by atoms with Crippen LogP contribution in [-0.2, 0) is 0 Å². The van der Waals surface area contributed by atoms with E-state index in [1.165, 1.54) is 32.1 Å². The predicted octanol–water partition coefficient (Wildman–Crippen LogP) is 2.46. The number of carbonyl (C=O) groups is 1. The highest BCUT2D eigenvalue weighted by molar-refractivity contribution is 7.16. The van der Waals surface area contributed by atoms with Crippen molar-refractivity contribution < 1.29 is 4.79 Å². The van der Waals surface area contributed by atoms with E-state index >= 15 is 0 Å². The summed E-state index contributed by atoms with van der Waals surface area (Å²) in [4.78, 5) is 12.0. The number of nitrogens with zero attached hydrogens (tertiary/aromatic N) is 2. The van der Waals surface area contributed by atoms with Crippen molar-refractivity contribution >= 4 is 22.4 Å². The van der Waals surface area contributed by atoms with Crippen molar-refractivity contribution in [3.8, 4) is 0 Å². The third-order valence-electron chi connectivity index (χ3n) is 3.76. The van der Waals surface area contributed by atoms with Crippen molar-refractivity contribution in [3.05, 3.63) is 5.01 Å². The summed E-state index contributed by atoms with van der Waals surface area (Å²) < 4.78 is 0. The first-order valence-corrected chi connectivity index (χ1v) is 7.70. The van der Waals surface area contributed by atoms with Gasteiger partial charge in [0.05, 0.1) is 0 Å². The van der Waals surface area contributed by atoms with E-state index < -0.39 is 0 Å². The number of anilines is 1. The van der Waals surface area contributed by atoms with Gasteiger partial charge in [0.2, 0.25) is 10.1 Å². The Balaban J connectivity index is 1.94. The van der Waals surface area contributed by atoms with Gasteiger partial charge in [-0.1, -0.05) is 38.0 Å². The summed E-state index contributed by atoms with van der Waals surface area (Å²) in [5.74, 6) is 0.511. The molecule has 0 bridgehead atoms. The van der Waals surface area contributed by atoms with Gasteiger partial charge in [-0.3, -0.25) is 4.79 Å². The van der Waals surface area contributed by atoms with Crippen LogP contribution in [0.15, 0.2) is 0 Å². The molecule has 0 spiro atoms. The van der Waals surface area contributed by atoms with Crippen molar-refractivity contribution in [1.82, 2.24) is 15.5 Å². The largest absolute Gasteiger partial charge is 0.374 e. The first-order chi connectivity index (χ1) is 9.01. The number of nitrogens with one attached hydrogen (secondary N) is 1. The maximum Gasteiger partial charge on any atom is 0.282 e. The van der Waals surface area contributed by atoms with E-state index in [0.29, 0.717) is 16.1 Å². The number of nitrogen functional groups attached to an aromatic ring is 1. The van der Waals surface area contributed by atoms with Crippen LogP contribution in [0, 0.1) is 11.3 Å². The van der Waals surface area contributed by atoms with Crippen LogP contribution in [0.3, 0.4) is 0 Å². The molecule has 0 atom stereocenters. The van der Waals surface area contributed by atoms with Crippen LogP contribution in [0.4, 0.5) is 5.13 Å². The van der Waals surface area contributed by atoms with Crippen molar-refractivity contribution in [2.45, 2.75) is 46.0 Å². The molecule has 1 aliphatic carbocycles. The fourth-order valence-corrected chi connectivity index (χ4v) is 3.64. The highest BCUT2D eigenvalue weighted by Gasteiger charge is 2.34. The number of carbonyl (C=O) groups excluding carboxylic acids is 1. The third-order valence-corrected chi connectivity index (χ3v) is 4.52. The maximum absolute atomic E-state index is 12.0. The van der Waals surface area contributed by atoms with Crippen LogP contribution in [-0.4, -0.2) is 22.6 Å². The van der Waals surface area contributed by atoms with Crippen LogP contribution >= 0.6 is 11.3 Å². The van der Waals surface area contributed by atoms with E-state index in [1.807, 2.05) is 0 Å². The Morgan fingerprint density at radius 1 is 1.42 bits per heavy atom. The molecule has 1 aromatic heterocycles. The quantitative estimate of drug-likeness (QED) is 0.869. The van der Waals surface area contributed by atoms with E-state index in [1.54, 1.807) is 0 Å². The lowest BCUT2D eigenvalue weighted by Crippen LogP contribution is -2.36. The molecule has 106 valence electrons. The zero-order valence-corrected chi connectivity index (χ0v) is 12.4. The van der Waals surface area contributed by atoms with Gasteiger partial charge in [-0.15, -0.1) is 10.2 Å². The Labute approximate surface area is 118 Å². The number of amides is 1. The molecular formula is C13H22N4OS. The summed E-state index contributed by atoms with van der Waals surface area (Å²) >= 11 is 1.13. The molecule has 1 amide bonds. The average Bonchev–Trinajstić information content (AvgIpc) is 2.95. The summed E-state index contributed by atoms with van der Waals surface area (Å²) in [6.07, 6.45) is 6.14. The number of aromatic nitrogens is 2. The lowest BCUT2D eigenvalue weighted by atomic mass is 9.78. The zero-order valence-electron chi connectivity index (χ0n) is 11.6. The molecule has 19 heavy (non-hydrogen) atoms. The molecule has 0 radical (unpaired) electrons. The van der Waals surface area contributed by atoms with Crippen molar-refractivity contribution in [2.75, 3.05) is 12.3 Å². The molecule has 1 fully saturated rings. The normalized spacial score (nSPS) is 17.8. The Morgan fingerprint density at radius 2 is 2.11 bits per heavy atom. The zero-order chi connectivity index (χ0) is 13.9. The minimum absolute atomic E-state index is 0.149. The summed E-state index contributed by atoms with van der Waals surface area (Å²) in [6, 6.07) is 0. The number of hydrogen-bond acceptors (Lipinski definition) is 5. The fraction of sp³-hybridized carbons (Fsp3) is 0.769. The highest BCUT2D eigenvalue weighted by Crippen LogP contribution is 2.42. The molecule has 1 aromatic rings. The maximum atomic E-state index is 12.0. The van der Waals surface area contributed by atoms with Gasteiger partial charge in [-0.2, -0.15) is 0 Å². The molecule has 0 saturated heterocycles. The second kappa shape index (κ2) is 5.86. The minimum atomic E-state index is -0.149. The van der Waals surface area contributed by atoms with E-state index in [4.69, 9.17) is 5.73 Å². The average molecular weight is 282 g/mol. The summed E-state index contributed by atoms with van der Waals surface area (Å²) in [6.45, 7) is 5.23. The van der Waals surface area contributed by atoms with E-state index in [9.17, 15) is 4.79 Å². The van der Waals surface area contributed by atoms with Gasteiger partial charge in [0.15, 0.2) is 0 Å². The molecule has 6 heteroatoms. The molecular weight excluding hydrogens is 260 g/mol. The van der Waals surface area contributed by atoms with Crippen molar-refractivity contribution in [1.29, 1.82) is 0 Å². The van der Waals surface area contributed by atoms with Gasteiger partial charge in [0, 0.05) is 6.54 Å². The van der Waals surface area contributed by atoms with Gasteiger partial charge in [-0.05, 0) is 30.6 Å². The molecule has 1 saturated carbocycles. The molecule has 2 rings (SSSR count). The number of hydrogen-bond donors (Lipinski definition) is 2. The second-order valence-electron chi connectivity index (χ2n) is 5.93. The van der Waals surface area contributed by atoms with Gasteiger partial charge >= 0.3 is 0 Å². The van der Waals surface area contributed by atoms with Crippen LogP contribution in [0.5, 0.6) is 0 Å². The van der Waals surface area contributed by atoms with Crippen LogP contribution in [0.2, 0.25) is 0 Å². The predicted molar refractivity (Wildman–Crippen MR) is 77.0 cm³/mol. The molecule has 0 aromatic carbocycles. The lowest BCUT2D eigenvalue weighted by Gasteiger charge is -2.31. The monoisotopic (exact) mass is 282 g/mol. The molecule has 5 nitrogen and oxygen atoms in total. The van der Waals surface area contributed by atoms with Crippen LogP contribution < -0.4 is 11.1 Å². The molecule has 0 aliphatic heterocycles. The standard InChI is InChI=1S/C13H22N4OS/c1-9(2)7-13(5-3-4-6-13)8-15-10(18)11-16-17-12(14)19-11/h9H,3-8H2,1-2H3,(H2,14,17)(H,15,18). The molecule has 3 N–H and O–H groups in total. The fourth-order valence-electron chi connectivity index (χ4n) is 3.11. The molecule has 1 heterocycles. The van der Waals surface area contributed by atoms with Crippen LogP contribution in [0.1, 0.15) is 55.8 Å². The Kier molecular flexibility index (Phi) is 4.39. The van der Waals surface area contributed by atoms with Gasteiger partial charge < -0.3 is 11.1 Å². The minimum Gasteiger partial charge on any atom is -0.374 e. The van der Waals surface area contributed by atoms with Gasteiger partial charge in [0.1, 0.15) is 0 Å². The van der Waals surface area contributed by atoms with Gasteiger partial charge in [-0.25, -0.2) is 0 Å². The summed E-state index contributed by atoms with van der Waals surface area (Å²) in [7, 11) is 0. The topological polar surface area (TPSA) is 80.9 Å². The summed E-state index contributed by atoms with van der Waals surface area (Å²) in [5.41, 5.74) is 5.77. The van der Waals surface area contributed by atoms with Crippen molar-refractivity contribution in [3.63, 3.8) is 0 Å². The number of rotatable bonds is 5. The highest BCUT2D eigenvalue weighted by atomic mass is 32.1. The summed E-state index contributed by atoms with van der Waals surface area (Å²) in [5, 5.41) is 11.2. The van der Waals surface area contributed by atoms with E-state index in [0.717, 1.165) is 17.9 Å². The van der Waals surface area contributed by atoms with Gasteiger partial charge in [0.25, 0.3) is 5.91 Å². The second-order valence-corrected chi connectivity index (χ2v) is 6.94. The Morgan fingerprint density at radius 3 is 2.63 bits per heavy atom. The number of nitrogens with two attached hydrogens (primary N) is 1. The SMILES string of the molecule is CC(C)CC1(CNC(=O)c2nnc(N)s2)CCCC1. The Hall–Kier alpha value is -1.17. The lowest BCUT2D eigenvalue weighted by molar-refractivity contribution is 0.0920. The first kappa shape index (κ1) is 14.2. The smallest absolute Gasteiger partial charge is 0.282 e. The van der Waals surface area contributed by atoms with E-state index in [-0.39, 0.29) is 11.3 Å².